The highest BCUT2D eigenvalue weighted by Gasteiger charge is 2.00. The van der Waals surface area contributed by atoms with Crippen LogP contribution in [-0.4, -0.2) is 25.4 Å². The Morgan fingerprint density at radius 1 is 1.38 bits per heavy atom. The van der Waals surface area contributed by atoms with E-state index >= 15 is 0 Å². The molecule has 16 heavy (non-hydrogen) atoms. The highest BCUT2D eigenvalue weighted by molar-refractivity contribution is 9.10. The van der Waals surface area contributed by atoms with Gasteiger partial charge in [0.2, 0.25) is 0 Å². The first kappa shape index (κ1) is 13.5. The summed E-state index contributed by atoms with van der Waals surface area (Å²) in [5, 5.41) is 12.0. The van der Waals surface area contributed by atoms with Gasteiger partial charge >= 0.3 is 0 Å². The summed E-state index contributed by atoms with van der Waals surface area (Å²) in [7, 11) is 1.66. The number of aliphatic hydroxyl groups is 1. The van der Waals surface area contributed by atoms with Crippen LogP contribution in [0.4, 0.5) is 0 Å². The summed E-state index contributed by atoms with van der Waals surface area (Å²) in [6.45, 7) is 2.05. The van der Waals surface area contributed by atoms with E-state index in [4.69, 9.17) is 9.84 Å². The molecule has 0 unspecified atom stereocenters. The molecule has 0 radical (unpaired) electrons. The van der Waals surface area contributed by atoms with Gasteiger partial charge in [-0.2, -0.15) is 0 Å². The molecule has 0 aromatic heterocycles. The Bertz CT molecular complexity index is 318. The van der Waals surface area contributed by atoms with E-state index in [9.17, 15) is 0 Å². The van der Waals surface area contributed by atoms with Crippen molar-refractivity contribution in [2.75, 3.05) is 20.3 Å². The topological polar surface area (TPSA) is 41.5 Å². The van der Waals surface area contributed by atoms with Crippen LogP contribution in [0.2, 0.25) is 0 Å². The average molecular weight is 288 g/mol. The third-order valence-electron chi connectivity index (χ3n) is 2.31. The summed E-state index contributed by atoms with van der Waals surface area (Å²) in [5.41, 5.74) is 1.22. The van der Waals surface area contributed by atoms with Crippen LogP contribution in [0.15, 0.2) is 22.7 Å². The van der Waals surface area contributed by atoms with E-state index in [1.54, 1.807) is 7.11 Å². The zero-order valence-electron chi connectivity index (χ0n) is 9.50. The Kier molecular flexibility index (Phi) is 6.45. The van der Waals surface area contributed by atoms with Gasteiger partial charge in [0.25, 0.3) is 0 Å². The Balaban J connectivity index is 2.34. The lowest BCUT2D eigenvalue weighted by molar-refractivity contribution is 0.283. The molecular formula is C12H18BrNO2. The fourth-order valence-corrected chi connectivity index (χ4v) is 2.00. The Morgan fingerprint density at radius 2 is 2.19 bits per heavy atom. The fraction of sp³-hybridized carbons (Fsp3) is 0.500. The molecule has 0 aliphatic heterocycles. The van der Waals surface area contributed by atoms with Crippen molar-refractivity contribution >= 4 is 15.9 Å². The third kappa shape index (κ3) is 4.51. The molecule has 0 amide bonds. The fourth-order valence-electron chi connectivity index (χ4n) is 1.41. The van der Waals surface area contributed by atoms with E-state index < -0.39 is 0 Å². The minimum Gasteiger partial charge on any atom is -0.496 e. The number of hydrogen-bond acceptors (Lipinski definition) is 3. The Labute approximate surface area is 105 Å². The number of hydrogen-bond donors (Lipinski definition) is 2. The summed E-state index contributed by atoms with van der Waals surface area (Å²) < 4.78 is 6.14. The van der Waals surface area contributed by atoms with Crippen LogP contribution in [0, 0.1) is 0 Å². The Morgan fingerprint density at radius 3 is 2.81 bits per heavy atom. The maximum atomic E-state index is 8.63. The van der Waals surface area contributed by atoms with Crippen molar-refractivity contribution in [1.29, 1.82) is 0 Å². The van der Waals surface area contributed by atoms with E-state index in [-0.39, 0.29) is 6.61 Å². The normalized spacial score (nSPS) is 10.4. The van der Waals surface area contributed by atoms with E-state index in [0.29, 0.717) is 0 Å². The number of unbranched alkanes of at least 4 members (excludes halogenated alkanes) is 1. The maximum Gasteiger partial charge on any atom is 0.133 e. The Hall–Kier alpha value is -0.580. The summed E-state index contributed by atoms with van der Waals surface area (Å²) in [5.74, 6) is 0.851. The van der Waals surface area contributed by atoms with Crippen LogP contribution in [0.5, 0.6) is 5.75 Å². The minimum absolute atomic E-state index is 0.274. The highest BCUT2D eigenvalue weighted by Crippen LogP contribution is 2.25. The molecule has 3 nitrogen and oxygen atoms in total. The van der Waals surface area contributed by atoms with E-state index in [0.717, 1.165) is 36.2 Å². The summed E-state index contributed by atoms with van der Waals surface area (Å²) in [6.07, 6.45) is 1.87. The van der Waals surface area contributed by atoms with E-state index in [1.807, 2.05) is 12.1 Å². The van der Waals surface area contributed by atoms with Gasteiger partial charge < -0.3 is 15.2 Å². The van der Waals surface area contributed by atoms with Gasteiger partial charge in [-0.3, -0.25) is 0 Å². The average Bonchev–Trinajstić information content (AvgIpc) is 2.29. The number of methoxy groups -OCH3 is 1. The summed E-state index contributed by atoms with van der Waals surface area (Å²) in [4.78, 5) is 0. The molecule has 0 aliphatic carbocycles. The molecule has 0 atom stereocenters. The van der Waals surface area contributed by atoms with Crippen molar-refractivity contribution in [3.63, 3.8) is 0 Å². The number of benzene rings is 1. The number of halogens is 1. The van der Waals surface area contributed by atoms with Crippen LogP contribution < -0.4 is 10.1 Å². The van der Waals surface area contributed by atoms with Crippen molar-refractivity contribution in [2.24, 2.45) is 0 Å². The van der Waals surface area contributed by atoms with Gasteiger partial charge in [0.15, 0.2) is 0 Å². The first-order valence-corrected chi connectivity index (χ1v) is 6.21. The molecule has 2 N–H and O–H groups in total. The molecule has 1 aromatic carbocycles. The molecular weight excluding hydrogens is 270 g/mol. The number of rotatable bonds is 7. The summed E-state index contributed by atoms with van der Waals surface area (Å²) in [6, 6.07) is 6.05. The van der Waals surface area contributed by atoms with Gasteiger partial charge in [-0.15, -0.1) is 0 Å². The first-order chi connectivity index (χ1) is 7.77. The molecule has 4 heteroatoms. The lowest BCUT2D eigenvalue weighted by Gasteiger charge is -2.07. The predicted octanol–water partition coefficient (Wildman–Crippen LogP) is 2.32. The van der Waals surface area contributed by atoms with Crippen LogP contribution in [0.25, 0.3) is 0 Å². The van der Waals surface area contributed by atoms with Crippen LogP contribution in [-0.2, 0) is 6.54 Å². The first-order valence-electron chi connectivity index (χ1n) is 5.42. The van der Waals surface area contributed by atoms with Crippen molar-refractivity contribution < 1.29 is 9.84 Å². The zero-order chi connectivity index (χ0) is 11.8. The number of aliphatic hydroxyl groups excluding tert-OH is 1. The highest BCUT2D eigenvalue weighted by atomic mass is 79.9. The molecule has 0 aliphatic rings. The molecule has 0 saturated carbocycles. The quantitative estimate of drug-likeness (QED) is 0.757. The lowest BCUT2D eigenvalue weighted by atomic mass is 10.2. The van der Waals surface area contributed by atoms with Crippen molar-refractivity contribution in [2.45, 2.75) is 19.4 Å². The van der Waals surface area contributed by atoms with Gasteiger partial charge in [0.05, 0.1) is 11.6 Å². The molecule has 0 spiro atoms. The molecule has 0 bridgehead atoms. The maximum absolute atomic E-state index is 8.63. The minimum atomic E-state index is 0.274. The van der Waals surface area contributed by atoms with Gasteiger partial charge in [-0.05, 0) is 53.0 Å². The molecule has 0 heterocycles. The second-order valence-electron chi connectivity index (χ2n) is 3.58. The second-order valence-corrected chi connectivity index (χ2v) is 4.43. The molecule has 0 saturated heterocycles. The molecule has 1 aromatic rings. The van der Waals surface area contributed by atoms with Gasteiger partial charge in [-0.25, -0.2) is 0 Å². The standard InChI is InChI=1S/C12H18BrNO2/c1-16-12-5-4-10(8-11(12)13)9-14-6-2-3-7-15/h4-5,8,14-15H,2-3,6-7,9H2,1H3. The predicted molar refractivity (Wildman–Crippen MR) is 68.7 cm³/mol. The van der Waals surface area contributed by atoms with Gasteiger partial charge in [-0.1, -0.05) is 6.07 Å². The van der Waals surface area contributed by atoms with E-state index in [2.05, 4.69) is 27.3 Å². The van der Waals surface area contributed by atoms with Crippen LogP contribution >= 0.6 is 15.9 Å². The molecule has 0 fully saturated rings. The summed E-state index contributed by atoms with van der Waals surface area (Å²) >= 11 is 3.46. The largest absolute Gasteiger partial charge is 0.496 e. The zero-order valence-corrected chi connectivity index (χ0v) is 11.1. The van der Waals surface area contributed by atoms with Crippen LogP contribution in [0.1, 0.15) is 18.4 Å². The lowest BCUT2D eigenvalue weighted by Crippen LogP contribution is -2.14. The molecule has 90 valence electrons. The van der Waals surface area contributed by atoms with Gasteiger partial charge in [0.1, 0.15) is 5.75 Å². The molecule has 1 rings (SSSR count). The SMILES string of the molecule is COc1ccc(CNCCCCO)cc1Br. The van der Waals surface area contributed by atoms with Crippen molar-refractivity contribution in [3.05, 3.63) is 28.2 Å². The number of ether oxygens (including phenoxy) is 1. The van der Waals surface area contributed by atoms with Crippen molar-refractivity contribution in [1.82, 2.24) is 5.32 Å². The smallest absolute Gasteiger partial charge is 0.133 e. The monoisotopic (exact) mass is 287 g/mol. The van der Waals surface area contributed by atoms with Crippen LogP contribution in [0.3, 0.4) is 0 Å². The number of nitrogens with one attached hydrogen (secondary N) is 1. The van der Waals surface area contributed by atoms with E-state index in [1.165, 1.54) is 5.56 Å². The third-order valence-corrected chi connectivity index (χ3v) is 2.93. The second kappa shape index (κ2) is 7.65. The van der Waals surface area contributed by atoms with Crippen molar-refractivity contribution in [3.8, 4) is 5.75 Å². The van der Waals surface area contributed by atoms with Gasteiger partial charge in [0, 0.05) is 13.2 Å².